The van der Waals surface area contributed by atoms with Crippen LogP contribution in [0, 0.1) is 32.8 Å². The van der Waals surface area contributed by atoms with Gasteiger partial charge in [-0.2, -0.15) is 10.5 Å². The largest absolute Gasteiger partial charge is 0.482 e. The molecule has 8 heteroatoms. The lowest BCUT2D eigenvalue weighted by Gasteiger charge is -2.07. The minimum Gasteiger partial charge on any atom is -0.482 e. The van der Waals surface area contributed by atoms with Gasteiger partial charge in [-0.25, -0.2) is 9.55 Å². The highest BCUT2D eigenvalue weighted by molar-refractivity contribution is 5.48. The van der Waals surface area contributed by atoms with Gasteiger partial charge < -0.3 is 14.9 Å². The molecule has 0 unspecified atom stereocenters. The van der Waals surface area contributed by atoms with Gasteiger partial charge in [0.1, 0.15) is 18.0 Å². The lowest BCUT2D eigenvalue weighted by atomic mass is 10.1. The number of hydrogen-bond acceptors (Lipinski definition) is 6. The Kier molecular flexibility index (Phi) is 4.35. The molecule has 0 aliphatic heterocycles. The van der Waals surface area contributed by atoms with Crippen LogP contribution < -0.4 is 4.74 Å². The number of nitriles is 2. The highest BCUT2D eigenvalue weighted by Crippen LogP contribution is 2.21. The molecule has 0 aliphatic carbocycles. The lowest BCUT2D eigenvalue weighted by Crippen LogP contribution is -2.08. The summed E-state index contributed by atoms with van der Waals surface area (Å²) in [6.07, 6.45) is 1.17. The summed E-state index contributed by atoms with van der Waals surface area (Å²) in [6.45, 7) is 2.14. The molecule has 0 bridgehead atoms. The summed E-state index contributed by atoms with van der Waals surface area (Å²) in [7, 11) is 0. The van der Waals surface area contributed by atoms with Crippen molar-refractivity contribution in [2.45, 2.75) is 20.1 Å². The van der Waals surface area contributed by atoms with Crippen LogP contribution in [0.3, 0.4) is 0 Å². The molecule has 1 aromatic carbocycles. The number of nitro groups is 1. The molecular weight excluding hydrogens is 286 g/mol. The van der Waals surface area contributed by atoms with Crippen molar-refractivity contribution in [3.8, 4) is 17.9 Å². The molecule has 22 heavy (non-hydrogen) atoms. The first-order valence-corrected chi connectivity index (χ1v) is 6.36. The zero-order valence-corrected chi connectivity index (χ0v) is 11.7. The predicted molar refractivity (Wildman–Crippen MR) is 74.8 cm³/mol. The number of rotatable bonds is 5. The van der Waals surface area contributed by atoms with Crippen LogP contribution in [0.15, 0.2) is 24.4 Å². The molecule has 0 N–H and O–H groups in total. The van der Waals surface area contributed by atoms with Gasteiger partial charge in [0.2, 0.25) is 5.82 Å². The van der Waals surface area contributed by atoms with E-state index in [1.807, 2.05) is 12.1 Å². The van der Waals surface area contributed by atoms with Crippen LogP contribution in [0.4, 0.5) is 5.82 Å². The first-order valence-electron chi connectivity index (χ1n) is 6.36. The van der Waals surface area contributed by atoms with E-state index in [4.69, 9.17) is 15.3 Å². The highest BCUT2D eigenvalue weighted by atomic mass is 16.6. The maximum atomic E-state index is 10.9. The first kappa shape index (κ1) is 15.0. The predicted octanol–water partition coefficient (Wildman–Crippen LogP) is 2.13. The third-order valence-corrected chi connectivity index (χ3v) is 3.01. The van der Waals surface area contributed by atoms with E-state index in [-0.39, 0.29) is 18.0 Å². The molecule has 1 heterocycles. The minimum absolute atomic E-state index is 0.0116. The SMILES string of the molecule is CCn1c([N+](=O)[O-])cnc1COc1ccc(C#N)cc1C#N. The van der Waals surface area contributed by atoms with Crippen molar-refractivity contribution < 1.29 is 9.66 Å². The molecule has 1 aromatic heterocycles. The zero-order valence-electron chi connectivity index (χ0n) is 11.7. The topological polar surface area (TPSA) is 118 Å². The van der Waals surface area contributed by atoms with Crippen molar-refractivity contribution in [3.63, 3.8) is 0 Å². The quantitative estimate of drug-likeness (QED) is 0.616. The molecule has 0 saturated heterocycles. The Balaban J connectivity index is 2.23. The van der Waals surface area contributed by atoms with Crippen LogP contribution >= 0.6 is 0 Å². The molecule has 0 spiro atoms. The van der Waals surface area contributed by atoms with Crippen LogP contribution in [0.2, 0.25) is 0 Å². The smallest absolute Gasteiger partial charge is 0.342 e. The number of hydrogen-bond donors (Lipinski definition) is 0. The van der Waals surface area contributed by atoms with Gasteiger partial charge in [-0.1, -0.05) is 0 Å². The molecule has 0 amide bonds. The van der Waals surface area contributed by atoms with Gasteiger partial charge in [-0.05, 0) is 30.0 Å². The average Bonchev–Trinajstić information content (AvgIpc) is 2.95. The van der Waals surface area contributed by atoms with Crippen molar-refractivity contribution in [3.05, 3.63) is 51.5 Å². The summed E-state index contributed by atoms with van der Waals surface area (Å²) in [5, 5.41) is 28.7. The molecule has 0 saturated carbocycles. The third kappa shape index (κ3) is 2.86. The molecule has 0 fully saturated rings. The van der Waals surface area contributed by atoms with E-state index in [1.165, 1.54) is 29.0 Å². The Hall–Kier alpha value is -3.39. The summed E-state index contributed by atoms with van der Waals surface area (Å²) in [5.41, 5.74) is 0.581. The Morgan fingerprint density at radius 3 is 2.77 bits per heavy atom. The highest BCUT2D eigenvalue weighted by Gasteiger charge is 2.19. The Morgan fingerprint density at radius 2 is 2.18 bits per heavy atom. The Bertz CT molecular complexity index is 798. The Labute approximate surface area is 126 Å². The molecule has 2 rings (SSSR count). The number of aromatic nitrogens is 2. The van der Waals surface area contributed by atoms with Crippen molar-refractivity contribution in [2.24, 2.45) is 0 Å². The molecule has 0 atom stereocenters. The summed E-state index contributed by atoms with van der Waals surface area (Å²) >= 11 is 0. The lowest BCUT2D eigenvalue weighted by molar-refractivity contribution is -0.392. The Morgan fingerprint density at radius 1 is 1.41 bits per heavy atom. The van der Waals surface area contributed by atoms with Gasteiger partial charge in [-0.3, -0.25) is 0 Å². The van der Waals surface area contributed by atoms with Gasteiger partial charge in [0.05, 0.1) is 23.7 Å². The third-order valence-electron chi connectivity index (χ3n) is 3.01. The fourth-order valence-electron chi connectivity index (χ4n) is 1.96. The van der Waals surface area contributed by atoms with E-state index in [1.54, 1.807) is 6.92 Å². The minimum atomic E-state index is -0.511. The molecular formula is C14H11N5O3. The number of nitrogens with zero attached hydrogens (tertiary/aromatic N) is 5. The monoisotopic (exact) mass is 297 g/mol. The normalized spacial score (nSPS) is 9.77. The van der Waals surface area contributed by atoms with Crippen molar-refractivity contribution in [1.29, 1.82) is 10.5 Å². The van der Waals surface area contributed by atoms with Crippen LogP contribution in [-0.4, -0.2) is 14.5 Å². The van der Waals surface area contributed by atoms with Crippen LogP contribution in [0.1, 0.15) is 23.9 Å². The second-order valence-electron chi connectivity index (χ2n) is 4.26. The van der Waals surface area contributed by atoms with Gasteiger partial charge in [0, 0.05) is 0 Å². The number of benzene rings is 1. The molecule has 0 radical (unpaired) electrons. The standard InChI is InChI=1S/C14H11N5O3/c1-2-18-13(17-8-14(18)19(20)21)9-22-12-4-3-10(6-15)5-11(12)7-16/h3-5,8H,2,9H2,1H3. The maximum absolute atomic E-state index is 10.9. The van der Waals surface area contributed by atoms with Gasteiger partial charge in [-0.15, -0.1) is 0 Å². The first-order chi connectivity index (χ1) is 10.6. The fourth-order valence-corrected chi connectivity index (χ4v) is 1.96. The van der Waals surface area contributed by atoms with Crippen LogP contribution in [0.5, 0.6) is 5.75 Å². The average molecular weight is 297 g/mol. The second-order valence-corrected chi connectivity index (χ2v) is 4.26. The fraction of sp³-hybridized carbons (Fsp3) is 0.214. The number of ether oxygens (including phenoxy) is 1. The van der Waals surface area contributed by atoms with E-state index >= 15 is 0 Å². The second kappa shape index (κ2) is 6.37. The summed E-state index contributed by atoms with van der Waals surface area (Å²) in [5.74, 6) is 0.582. The zero-order chi connectivity index (χ0) is 16.1. The maximum Gasteiger partial charge on any atom is 0.342 e. The summed E-state index contributed by atoms with van der Waals surface area (Å²) in [6, 6.07) is 8.36. The van der Waals surface area contributed by atoms with Gasteiger partial charge in [0.25, 0.3) is 0 Å². The van der Waals surface area contributed by atoms with Gasteiger partial charge in [0.15, 0.2) is 6.61 Å². The van der Waals surface area contributed by atoms with Crippen molar-refractivity contribution in [1.82, 2.24) is 9.55 Å². The van der Waals surface area contributed by atoms with E-state index in [0.717, 1.165) is 0 Å². The van der Waals surface area contributed by atoms with E-state index < -0.39 is 4.92 Å². The van der Waals surface area contributed by atoms with Crippen LogP contribution in [0.25, 0.3) is 0 Å². The van der Waals surface area contributed by atoms with Crippen molar-refractivity contribution in [2.75, 3.05) is 0 Å². The number of imidazole rings is 1. The van der Waals surface area contributed by atoms with Gasteiger partial charge >= 0.3 is 5.82 Å². The molecule has 8 nitrogen and oxygen atoms in total. The van der Waals surface area contributed by atoms with E-state index in [2.05, 4.69) is 4.98 Å². The van der Waals surface area contributed by atoms with Crippen molar-refractivity contribution >= 4 is 5.82 Å². The van der Waals surface area contributed by atoms with E-state index in [0.29, 0.717) is 23.7 Å². The summed E-state index contributed by atoms with van der Waals surface area (Å²) < 4.78 is 6.94. The summed E-state index contributed by atoms with van der Waals surface area (Å²) in [4.78, 5) is 14.3. The molecule has 110 valence electrons. The molecule has 0 aliphatic rings. The molecule has 2 aromatic rings. The van der Waals surface area contributed by atoms with E-state index in [9.17, 15) is 10.1 Å². The van der Waals surface area contributed by atoms with Crippen LogP contribution in [-0.2, 0) is 13.2 Å².